The SMILES string of the molecule is CCC(CN)CNCC1(CC(C)C)CCCC1. The summed E-state index contributed by atoms with van der Waals surface area (Å²) in [6, 6.07) is 0. The van der Waals surface area contributed by atoms with Gasteiger partial charge in [-0.1, -0.05) is 40.0 Å². The molecule has 1 saturated carbocycles. The first-order chi connectivity index (χ1) is 8.12. The van der Waals surface area contributed by atoms with Gasteiger partial charge in [0, 0.05) is 6.54 Å². The van der Waals surface area contributed by atoms with E-state index in [4.69, 9.17) is 5.73 Å². The number of rotatable bonds is 8. The van der Waals surface area contributed by atoms with Crippen molar-refractivity contribution in [1.29, 1.82) is 0 Å². The van der Waals surface area contributed by atoms with E-state index < -0.39 is 0 Å². The fraction of sp³-hybridized carbons (Fsp3) is 1.00. The van der Waals surface area contributed by atoms with Gasteiger partial charge in [-0.2, -0.15) is 0 Å². The van der Waals surface area contributed by atoms with Crippen LogP contribution in [-0.4, -0.2) is 19.6 Å². The van der Waals surface area contributed by atoms with Crippen molar-refractivity contribution >= 4 is 0 Å². The molecule has 0 amide bonds. The van der Waals surface area contributed by atoms with Gasteiger partial charge < -0.3 is 11.1 Å². The molecule has 0 heterocycles. The molecule has 0 spiro atoms. The predicted molar refractivity (Wildman–Crippen MR) is 76.1 cm³/mol. The highest BCUT2D eigenvalue weighted by atomic mass is 14.9. The molecule has 0 aromatic rings. The summed E-state index contributed by atoms with van der Waals surface area (Å²) in [6.07, 6.45) is 8.31. The molecule has 0 aromatic heterocycles. The molecule has 0 aromatic carbocycles. The summed E-state index contributed by atoms with van der Waals surface area (Å²) in [6.45, 7) is 10.1. The van der Waals surface area contributed by atoms with Gasteiger partial charge in [0.05, 0.1) is 0 Å². The van der Waals surface area contributed by atoms with Crippen LogP contribution in [0, 0.1) is 17.3 Å². The molecule has 0 saturated heterocycles. The molecule has 17 heavy (non-hydrogen) atoms. The molecule has 2 heteroatoms. The summed E-state index contributed by atoms with van der Waals surface area (Å²) >= 11 is 0. The van der Waals surface area contributed by atoms with Crippen LogP contribution in [0.5, 0.6) is 0 Å². The van der Waals surface area contributed by atoms with Crippen LogP contribution in [0.15, 0.2) is 0 Å². The smallest absolute Gasteiger partial charge is 0.000803 e. The molecule has 1 fully saturated rings. The molecule has 1 aliphatic rings. The lowest BCUT2D eigenvalue weighted by molar-refractivity contribution is 0.219. The van der Waals surface area contributed by atoms with Gasteiger partial charge in [-0.25, -0.2) is 0 Å². The standard InChI is InChI=1S/C15H32N2/c1-4-14(10-16)11-17-12-15(9-13(2)3)7-5-6-8-15/h13-14,17H,4-12,16H2,1-3H3. The Morgan fingerprint density at radius 1 is 1.24 bits per heavy atom. The third kappa shape index (κ3) is 4.97. The molecule has 1 rings (SSSR count). The summed E-state index contributed by atoms with van der Waals surface area (Å²) in [5.41, 5.74) is 6.35. The molecule has 3 N–H and O–H groups in total. The third-order valence-electron chi connectivity index (χ3n) is 4.35. The second-order valence-electron chi connectivity index (χ2n) is 6.45. The van der Waals surface area contributed by atoms with Gasteiger partial charge in [0.2, 0.25) is 0 Å². The van der Waals surface area contributed by atoms with E-state index in [1.165, 1.54) is 45.1 Å². The zero-order valence-electron chi connectivity index (χ0n) is 12.1. The van der Waals surface area contributed by atoms with Crippen molar-refractivity contribution < 1.29 is 0 Å². The number of hydrogen-bond acceptors (Lipinski definition) is 2. The van der Waals surface area contributed by atoms with Crippen molar-refractivity contribution in [3.63, 3.8) is 0 Å². The highest BCUT2D eigenvalue weighted by Gasteiger charge is 2.33. The van der Waals surface area contributed by atoms with E-state index in [9.17, 15) is 0 Å². The van der Waals surface area contributed by atoms with E-state index >= 15 is 0 Å². The summed E-state index contributed by atoms with van der Waals surface area (Å²) in [5.74, 6) is 1.49. The van der Waals surface area contributed by atoms with Gasteiger partial charge in [-0.15, -0.1) is 0 Å². The van der Waals surface area contributed by atoms with Crippen LogP contribution in [0.25, 0.3) is 0 Å². The van der Waals surface area contributed by atoms with Crippen molar-refractivity contribution in [2.45, 2.75) is 59.3 Å². The third-order valence-corrected chi connectivity index (χ3v) is 4.35. The second-order valence-corrected chi connectivity index (χ2v) is 6.45. The van der Waals surface area contributed by atoms with Crippen molar-refractivity contribution in [3.8, 4) is 0 Å². The van der Waals surface area contributed by atoms with Crippen LogP contribution in [0.2, 0.25) is 0 Å². The van der Waals surface area contributed by atoms with Gasteiger partial charge >= 0.3 is 0 Å². The van der Waals surface area contributed by atoms with Crippen molar-refractivity contribution in [1.82, 2.24) is 5.32 Å². The number of nitrogens with two attached hydrogens (primary N) is 1. The second kappa shape index (κ2) is 7.38. The van der Waals surface area contributed by atoms with Crippen LogP contribution in [0.3, 0.4) is 0 Å². The Balaban J connectivity index is 2.34. The summed E-state index contributed by atoms with van der Waals surface area (Å²) < 4.78 is 0. The summed E-state index contributed by atoms with van der Waals surface area (Å²) in [5, 5.41) is 3.70. The zero-order valence-corrected chi connectivity index (χ0v) is 12.1. The molecule has 0 bridgehead atoms. The maximum atomic E-state index is 5.75. The minimum Gasteiger partial charge on any atom is -0.330 e. The average molecular weight is 240 g/mol. The first-order valence-electron chi connectivity index (χ1n) is 7.52. The van der Waals surface area contributed by atoms with E-state index in [1.807, 2.05) is 0 Å². The molecule has 0 aliphatic heterocycles. The summed E-state index contributed by atoms with van der Waals surface area (Å²) in [4.78, 5) is 0. The van der Waals surface area contributed by atoms with Crippen LogP contribution in [0.1, 0.15) is 59.3 Å². The van der Waals surface area contributed by atoms with Crippen LogP contribution >= 0.6 is 0 Å². The maximum Gasteiger partial charge on any atom is 0.000803 e. The van der Waals surface area contributed by atoms with Gasteiger partial charge in [-0.3, -0.25) is 0 Å². The Kier molecular flexibility index (Phi) is 6.50. The lowest BCUT2D eigenvalue weighted by Crippen LogP contribution is -2.37. The monoisotopic (exact) mass is 240 g/mol. The minimum absolute atomic E-state index is 0.598. The molecule has 1 unspecified atom stereocenters. The first-order valence-corrected chi connectivity index (χ1v) is 7.52. The van der Waals surface area contributed by atoms with E-state index in [0.29, 0.717) is 11.3 Å². The molecule has 0 radical (unpaired) electrons. The highest BCUT2D eigenvalue weighted by Crippen LogP contribution is 2.42. The predicted octanol–water partition coefficient (Wildman–Crippen LogP) is 3.17. The lowest BCUT2D eigenvalue weighted by Gasteiger charge is -2.32. The Labute approximate surface area is 108 Å². The number of hydrogen-bond donors (Lipinski definition) is 2. The fourth-order valence-electron chi connectivity index (χ4n) is 3.38. The van der Waals surface area contributed by atoms with E-state index in [2.05, 4.69) is 26.1 Å². The van der Waals surface area contributed by atoms with Gasteiger partial charge in [0.15, 0.2) is 0 Å². The van der Waals surface area contributed by atoms with Crippen LogP contribution in [-0.2, 0) is 0 Å². The molecule has 1 aliphatic carbocycles. The Bertz CT molecular complexity index is 191. The summed E-state index contributed by atoms with van der Waals surface area (Å²) in [7, 11) is 0. The van der Waals surface area contributed by atoms with Gasteiger partial charge in [-0.05, 0) is 49.6 Å². The molecule has 2 nitrogen and oxygen atoms in total. The molecule has 102 valence electrons. The van der Waals surface area contributed by atoms with Crippen LogP contribution in [0.4, 0.5) is 0 Å². The molecular weight excluding hydrogens is 208 g/mol. The van der Waals surface area contributed by atoms with E-state index in [-0.39, 0.29) is 0 Å². The Hall–Kier alpha value is -0.0800. The minimum atomic E-state index is 0.598. The largest absolute Gasteiger partial charge is 0.330 e. The quantitative estimate of drug-likeness (QED) is 0.684. The Morgan fingerprint density at radius 3 is 2.35 bits per heavy atom. The normalized spacial score (nSPS) is 21.0. The van der Waals surface area contributed by atoms with Gasteiger partial charge in [0.1, 0.15) is 0 Å². The lowest BCUT2D eigenvalue weighted by atomic mass is 9.78. The Morgan fingerprint density at radius 2 is 1.88 bits per heavy atom. The van der Waals surface area contributed by atoms with E-state index in [1.54, 1.807) is 0 Å². The first kappa shape index (κ1) is 15.0. The van der Waals surface area contributed by atoms with Crippen molar-refractivity contribution in [2.75, 3.05) is 19.6 Å². The van der Waals surface area contributed by atoms with Crippen LogP contribution < -0.4 is 11.1 Å². The van der Waals surface area contributed by atoms with Gasteiger partial charge in [0.25, 0.3) is 0 Å². The fourth-order valence-corrected chi connectivity index (χ4v) is 3.38. The number of nitrogens with one attached hydrogen (secondary N) is 1. The zero-order chi connectivity index (χ0) is 12.7. The highest BCUT2D eigenvalue weighted by molar-refractivity contribution is 4.87. The molecular formula is C15H32N2. The topological polar surface area (TPSA) is 38.0 Å². The van der Waals surface area contributed by atoms with Crippen molar-refractivity contribution in [2.24, 2.45) is 23.0 Å². The maximum absolute atomic E-state index is 5.75. The van der Waals surface area contributed by atoms with E-state index in [0.717, 1.165) is 19.0 Å². The molecule has 1 atom stereocenters. The van der Waals surface area contributed by atoms with Crippen molar-refractivity contribution in [3.05, 3.63) is 0 Å². The average Bonchev–Trinajstić information content (AvgIpc) is 2.72.